The molecule has 0 amide bonds. The number of aliphatic hydroxyl groups is 1. The molecule has 1 heterocycles. The zero-order valence-electron chi connectivity index (χ0n) is 6.57. The van der Waals surface area contributed by atoms with E-state index in [9.17, 15) is 5.11 Å². The Kier molecular flexibility index (Phi) is 1.94. The molecule has 0 aromatic rings. The van der Waals surface area contributed by atoms with Crippen molar-refractivity contribution in [3.05, 3.63) is 0 Å². The monoisotopic (exact) mass is 152 g/mol. The maximum atomic E-state index is 9.63. The summed E-state index contributed by atoms with van der Waals surface area (Å²) in [5, 5.41) is 9.63. The molecule has 1 aliphatic heterocycles. The molecule has 1 N–H and O–H groups in total. The van der Waals surface area contributed by atoms with Crippen LogP contribution >= 0.6 is 0 Å². The fourth-order valence-electron chi connectivity index (χ4n) is 1.68. The molecular weight excluding hydrogens is 139 g/mol. The van der Waals surface area contributed by atoms with Gasteiger partial charge in [-0.25, -0.2) is 0 Å². The summed E-state index contributed by atoms with van der Waals surface area (Å²) in [5.41, 5.74) is 0. The number of ether oxygens (including phenoxy) is 1. The molecule has 0 aromatic heterocycles. The number of hydrogen-bond donors (Lipinski definition) is 1. The Hall–Kier alpha value is -0.0151. The highest BCUT2D eigenvalue weighted by molar-refractivity contribution is 6.11. The molecule has 0 bridgehead atoms. The molecule has 3 unspecified atom stereocenters. The number of rotatable bonds is 2. The van der Waals surface area contributed by atoms with Gasteiger partial charge in [0.25, 0.3) is 0 Å². The predicted molar refractivity (Wildman–Crippen MR) is 42.4 cm³/mol. The highest BCUT2D eigenvalue weighted by atomic mass is 16.5. The zero-order chi connectivity index (χ0) is 7.84. The Bertz CT molecular complexity index is 147. The molecule has 3 heteroatoms. The van der Waals surface area contributed by atoms with Crippen LogP contribution in [0.15, 0.2) is 0 Å². The van der Waals surface area contributed by atoms with E-state index in [1.807, 2.05) is 0 Å². The summed E-state index contributed by atoms with van der Waals surface area (Å²) >= 11 is 0. The fourth-order valence-corrected chi connectivity index (χ4v) is 1.68. The Balaban J connectivity index is 1.84. The topological polar surface area (TPSA) is 29.5 Å². The van der Waals surface area contributed by atoms with Crippen molar-refractivity contribution in [1.29, 1.82) is 0 Å². The van der Waals surface area contributed by atoms with Gasteiger partial charge in [0.2, 0.25) is 0 Å². The quantitative estimate of drug-likeness (QED) is 0.581. The van der Waals surface area contributed by atoms with E-state index in [2.05, 4.69) is 0 Å². The average Bonchev–Trinajstić information content (AvgIpc) is 2.74. The van der Waals surface area contributed by atoms with Gasteiger partial charge in [0, 0.05) is 6.00 Å². The summed E-state index contributed by atoms with van der Waals surface area (Å²) in [4.78, 5) is 0. The van der Waals surface area contributed by atoms with Crippen molar-refractivity contribution in [1.82, 2.24) is 0 Å². The molecule has 1 saturated carbocycles. The van der Waals surface area contributed by atoms with Crippen LogP contribution in [0.1, 0.15) is 25.7 Å². The van der Waals surface area contributed by atoms with Crippen molar-refractivity contribution in [2.75, 3.05) is 0 Å². The van der Waals surface area contributed by atoms with Gasteiger partial charge in [0.1, 0.15) is 7.85 Å². The van der Waals surface area contributed by atoms with Crippen molar-refractivity contribution in [2.45, 2.75) is 43.9 Å². The van der Waals surface area contributed by atoms with E-state index in [1.54, 1.807) is 0 Å². The molecule has 2 radical (unpaired) electrons. The lowest BCUT2D eigenvalue weighted by Crippen LogP contribution is -2.28. The van der Waals surface area contributed by atoms with Crippen LogP contribution in [0, 0.1) is 5.92 Å². The van der Waals surface area contributed by atoms with E-state index < -0.39 is 0 Å². The molecule has 2 nitrogen and oxygen atoms in total. The van der Waals surface area contributed by atoms with Crippen LogP contribution in [0.2, 0.25) is 0 Å². The van der Waals surface area contributed by atoms with Crippen LogP contribution in [0.25, 0.3) is 0 Å². The van der Waals surface area contributed by atoms with Crippen LogP contribution in [-0.2, 0) is 4.74 Å². The Morgan fingerprint density at radius 2 is 2.00 bits per heavy atom. The number of hydrogen-bond acceptors (Lipinski definition) is 2. The van der Waals surface area contributed by atoms with Crippen molar-refractivity contribution in [3.8, 4) is 0 Å². The Morgan fingerprint density at radius 1 is 1.27 bits per heavy atom. The van der Waals surface area contributed by atoms with Crippen molar-refractivity contribution < 1.29 is 9.84 Å². The van der Waals surface area contributed by atoms with Gasteiger partial charge in [-0.1, -0.05) is 0 Å². The van der Waals surface area contributed by atoms with Gasteiger partial charge in [0.15, 0.2) is 0 Å². The third-order valence-corrected chi connectivity index (χ3v) is 2.57. The lowest BCUT2D eigenvalue weighted by Gasteiger charge is -2.17. The summed E-state index contributed by atoms with van der Waals surface area (Å²) in [6.07, 6.45) is 3.93. The first-order chi connectivity index (χ1) is 5.27. The van der Waals surface area contributed by atoms with Gasteiger partial charge in [-0.2, -0.15) is 0 Å². The minimum Gasteiger partial charge on any atom is -0.390 e. The number of aliphatic hydroxyl groups excluding tert-OH is 1. The second-order valence-electron chi connectivity index (χ2n) is 3.62. The van der Waals surface area contributed by atoms with E-state index in [-0.39, 0.29) is 18.2 Å². The molecule has 0 spiro atoms. The van der Waals surface area contributed by atoms with Gasteiger partial charge < -0.3 is 9.84 Å². The van der Waals surface area contributed by atoms with Crippen LogP contribution in [-0.4, -0.2) is 31.2 Å². The van der Waals surface area contributed by atoms with E-state index in [4.69, 9.17) is 12.6 Å². The van der Waals surface area contributed by atoms with Gasteiger partial charge in [-0.3, -0.25) is 0 Å². The van der Waals surface area contributed by atoms with Crippen LogP contribution in [0.5, 0.6) is 0 Å². The van der Waals surface area contributed by atoms with Crippen molar-refractivity contribution >= 4 is 7.85 Å². The van der Waals surface area contributed by atoms with Crippen LogP contribution < -0.4 is 0 Å². The van der Waals surface area contributed by atoms with Gasteiger partial charge in [0.05, 0.1) is 12.2 Å². The fraction of sp³-hybridized carbons (Fsp3) is 1.00. The van der Waals surface area contributed by atoms with Crippen LogP contribution in [0.3, 0.4) is 0 Å². The largest absolute Gasteiger partial charge is 0.390 e. The molecule has 2 aliphatic rings. The third-order valence-electron chi connectivity index (χ3n) is 2.57. The third kappa shape index (κ3) is 1.59. The molecular formula is C8H13BO2. The molecule has 3 atom stereocenters. The Morgan fingerprint density at radius 3 is 2.45 bits per heavy atom. The lowest BCUT2D eigenvalue weighted by molar-refractivity contribution is -0.0224. The summed E-state index contributed by atoms with van der Waals surface area (Å²) < 4.78 is 5.35. The van der Waals surface area contributed by atoms with Crippen molar-refractivity contribution in [3.63, 3.8) is 0 Å². The molecule has 11 heavy (non-hydrogen) atoms. The highest BCUT2D eigenvalue weighted by Crippen LogP contribution is 2.37. The van der Waals surface area contributed by atoms with E-state index in [0.29, 0.717) is 5.92 Å². The molecule has 2 rings (SSSR count). The second kappa shape index (κ2) is 2.79. The highest BCUT2D eigenvalue weighted by Gasteiger charge is 2.38. The summed E-state index contributed by atoms with van der Waals surface area (Å²) in [7, 11) is 5.55. The maximum absolute atomic E-state index is 9.63. The average molecular weight is 152 g/mol. The zero-order valence-corrected chi connectivity index (χ0v) is 6.57. The second-order valence-corrected chi connectivity index (χ2v) is 3.62. The first-order valence-electron chi connectivity index (χ1n) is 4.36. The van der Waals surface area contributed by atoms with E-state index in [0.717, 1.165) is 25.7 Å². The van der Waals surface area contributed by atoms with Gasteiger partial charge >= 0.3 is 0 Å². The summed E-state index contributed by atoms with van der Waals surface area (Å²) in [6, 6.07) is -0.131. The van der Waals surface area contributed by atoms with Gasteiger partial charge in [-0.05, 0) is 31.6 Å². The maximum Gasteiger partial charge on any atom is 0.109 e. The predicted octanol–water partition coefficient (Wildman–Crippen LogP) is 0.431. The first-order valence-corrected chi connectivity index (χ1v) is 4.36. The first kappa shape index (κ1) is 7.62. The SMILES string of the molecule is [B]C1CCC(C(O)C2CC2)O1. The van der Waals surface area contributed by atoms with Gasteiger partial charge in [-0.15, -0.1) is 0 Å². The molecule has 0 aromatic carbocycles. The summed E-state index contributed by atoms with van der Waals surface area (Å²) in [6.45, 7) is 0. The standard InChI is InChI=1S/C8H13BO2/c9-7-4-3-6(11-7)8(10)5-1-2-5/h5-8,10H,1-4H2. The van der Waals surface area contributed by atoms with Crippen molar-refractivity contribution in [2.24, 2.45) is 5.92 Å². The molecule has 1 saturated heterocycles. The molecule has 1 aliphatic carbocycles. The van der Waals surface area contributed by atoms with E-state index >= 15 is 0 Å². The van der Waals surface area contributed by atoms with Crippen LogP contribution in [0.4, 0.5) is 0 Å². The Labute approximate surface area is 68.3 Å². The van der Waals surface area contributed by atoms with E-state index in [1.165, 1.54) is 0 Å². The molecule has 2 fully saturated rings. The summed E-state index contributed by atoms with van der Waals surface area (Å²) in [5.74, 6) is 0.505. The molecule has 60 valence electrons. The smallest absolute Gasteiger partial charge is 0.109 e. The minimum atomic E-state index is -0.247. The lowest BCUT2D eigenvalue weighted by atomic mass is 9.97. The normalized spacial score (nSPS) is 40.8. The minimum absolute atomic E-state index is 0.0255.